The van der Waals surface area contributed by atoms with Crippen molar-refractivity contribution in [2.75, 3.05) is 0 Å². The minimum Gasteiger partial charge on any atom is -0.353 e. The molecule has 0 aromatic rings. The molecular formula is C7H11F2NO. The summed E-state index contributed by atoms with van der Waals surface area (Å²) in [4.78, 5) is 10.8. The zero-order valence-corrected chi connectivity index (χ0v) is 6.31. The van der Waals surface area contributed by atoms with Gasteiger partial charge in [-0.25, -0.2) is 8.78 Å². The Balaban J connectivity index is 2.35. The van der Waals surface area contributed by atoms with Gasteiger partial charge >= 0.3 is 0 Å². The highest BCUT2D eigenvalue weighted by molar-refractivity contribution is 5.80. The molecule has 2 unspecified atom stereocenters. The van der Waals surface area contributed by atoms with Crippen LogP contribution in [0.25, 0.3) is 0 Å². The Hall–Kier alpha value is -0.670. The molecule has 2 nitrogen and oxygen atoms in total. The summed E-state index contributed by atoms with van der Waals surface area (Å²) in [6, 6.07) is -0.308. The van der Waals surface area contributed by atoms with E-state index in [0.717, 1.165) is 0 Å². The average molecular weight is 163 g/mol. The summed E-state index contributed by atoms with van der Waals surface area (Å²) in [5.41, 5.74) is 0. The summed E-state index contributed by atoms with van der Waals surface area (Å²) in [6.07, 6.45) is -1.98. The number of carbonyl (C=O) groups is 1. The molecular weight excluding hydrogens is 152 g/mol. The van der Waals surface area contributed by atoms with E-state index < -0.39 is 6.43 Å². The maximum Gasteiger partial charge on any atom is 0.240 e. The molecule has 1 N–H and O–H groups in total. The van der Waals surface area contributed by atoms with E-state index in [9.17, 15) is 13.6 Å². The standard InChI is InChI=1S/C7H11F2NO/c1-4-2-5(3-6(8)9)10-7(4)11/h4-6H,2-3H2,1H3,(H,10,11). The van der Waals surface area contributed by atoms with Gasteiger partial charge in [0.1, 0.15) is 0 Å². The summed E-state index contributed by atoms with van der Waals surface area (Å²) in [5.74, 6) is -0.200. The van der Waals surface area contributed by atoms with Gasteiger partial charge in [-0.3, -0.25) is 4.79 Å². The SMILES string of the molecule is CC1CC(CC(F)F)NC1=O. The molecule has 0 aromatic heterocycles. The van der Waals surface area contributed by atoms with Gasteiger partial charge in [0.15, 0.2) is 0 Å². The topological polar surface area (TPSA) is 29.1 Å². The highest BCUT2D eigenvalue weighted by Crippen LogP contribution is 2.19. The molecule has 0 spiro atoms. The number of nitrogens with one attached hydrogen (secondary N) is 1. The van der Waals surface area contributed by atoms with E-state index in [1.807, 2.05) is 0 Å². The lowest BCUT2D eigenvalue weighted by Gasteiger charge is -2.07. The van der Waals surface area contributed by atoms with Gasteiger partial charge in [0, 0.05) is 18.4 Å². The lowest BCUT2D eigenvalue weighted by molar-refractivity contribution is -0.122. The number of amides is 1. The minimum atomic E-state index is -2.31. The molecule has 1 amide bonds. The van der Waals surface area contributed by atoms with Gasteiger partial charge in [-0.1, -0.05) is 6.92 Å². The maximum absolute atomic E-state index is 11.8. The van der Waals surface area contributed by atoms with E-state index in [2.05, 4.69) is 5.32 Å². The second-order valence-corrected chi connectivity index (χ2v) is 2.97. The lowest BCUT2D eigenvalue weighted by Crippen LogP contribution is -2.27. The largest absolute Gasteiger partial charge is 0.353 e. The third-order valence-corrected chi connectivity index (χ3v) is 1.89. The van der Waals surface area contributed by atoms with E-state index in [1.165, 1.54) is 0 Å². The lowest BCUT2D eigenvalue weighted by atomic mass is 10.1. The highest BCUT2D eigenvalue weighted by Gasteiger charge is 2.29. The second-order valence-electron chi connectivity index (χ2n) is 2.97. The van der Waals surface area contributed by atoms with Crippen molar-refractivity contribution in [3.63, 3.8) is 0 Å². The number of carbonyl (C=O) groups excluding carboxylic acids is 1. The molecule has 1 rings (SSSR count). The molecule has 0 aliphatic carbocycles. The van der Waals surface area contributed by atoms with Crippen LogP contribution in [0.5, 0.6) is 0 Å². The van der Waals surface area contributed by atoms with Gasteiger partial charge in [0.2, 0.25) is 12.3 Å². The minimum absolute atomic E-state index is 0.0984. The normalized spacial score (nSPS) is 31.1. The number of hydrogen-bond donors (Lipinski definition) is 1. The van der Waals surface area contributed by atoms with E-state index in [4.69, 9.17) is 0 Å². The molecule has 2 atom stereocenters. The summed E-state index contributed by atoms with van der Waals surface area (Å²) >= 11 is 0. The van der Waals surface area contributed by atoms with E-state index in [1.54, 1.807) is 6.92 Å². The zero-order valence-electron chi connectivity index (χ0n) is 6.31. The number of alkyl halides is 2. The van der Waals surface area contributed by atoms with Crippen molar-refractivity contribution in [1.29, 1.82) is 0 Å². The van der Waals surface area contributed by atoms with Crippen molar-refractivity contribution in [3.8, 4) is 0 Å². The first kappa shape index (κ1) is 8.43. The quantitative estimate of drug-likeness (QED) is 0.650. The van der Waals surface area contributed by atoms with Crippen LogP contribution in [0, 0.1) is 5.92 Å². The van der Waals surface area contributed by atoms with Crippen LogP contribution in [0.2, 0.25) is 0 Å². The van der Waals surface area contributed by atoms with Crippen LogP contribution < -0.4 is 5.32 Å². The summed E-state index contributed by atoms with van der Waals surface area (Å²) in [5, 5.41) is 2.52. The molecule has 1 fully saturated rings. The van der Waals surface area contributed by atoms with Crippen molar-refractivity contribution >= 4 is 5.91 Å². The number of hydrogen-bond acceptors (Lipinski definition) is 1. The van der Waals surface area contributed by atoms with Crippen LogP contribution in [0.1, 0.15) is 19.8 Å². The van der Waals surface area contributed by atoms with E-state index >= 15 is 0 Å². The Labute approximate surface area is 64.0 Å². The van der Waals surface area contributed by atoms with Gasteiger partial charge in [0.25, 0.3) is 0 Å². The first-order chi connectivity index (χ1) is 5.09. The van der Waals surface area contributed by atoms with Crippen LogP contribution >= 0.6 is 0 Å². The molecule has 64 valence electrons. The average Bonchev–Trinajstić information content (AvgIpc) is 2.10. The predicted molar refractivity (Wildman–Crippen MR) is 36.3 cm³/mol. The van der Waals surface area contributed by atoms with Crippen LogP contribution in [0.3, 0.4) is 0 Å². The van der Waals surface area contributed by atoms with Crippen LogP contribution in [0.15, 0.2) is 0 Å². The number of rotatable bonds is 2. The molecule has 0 aromatic carbocycles. The predicted octanol–water partition coefficient (Wildman–Crippen LogP) is 1.17. The maximum atomic E-state index is 11.8. The fourth-order valence-electron chi connectivity index (χ4n) is 1.31. The molecule has 1 saturated heterocycles. The smallest absolute Gasteiger partial charge is 0.240 e. The Morgan fingerprint density at radius 1 is 1.73 bits per heavy atom. The van der Waals surface area contributed by atoms with Crippen LogP contribution in [-0.2, 0) is 4.79 Å². The first-order valence-electron chi connectivity index (χ1n) is 3.68. The Kier molecular flexibility index (Phi) is 2.42. The molecule has 4 heteroatoms. The highest BCUT2D eigenvalue weighted by atomic mass is 19.3. The van der Waals surface area contributed by atoms with Gasteiger partial charge < -0.3 is 5.32 Å². The number of halogens is 2. The van der Waals surface area contributed by atoms with Crippen molar-refractivity contribution in [2.45, 2.75) is 32.2 Å². The third kappa shape index (κ3) is 2.13. The van der Waals surface area contributed by atoms with Gasteiger partial charge in [-0.2, -0.15) is 0 Å². The molecule has 11 heavy (non-hydrogen) atoms. The fraction of sp³-hybridized carbons (Fsp3) is 0.857. The van der Waals surface area contributed by atoms with Crippen LogP contribution in [-0.4, -0.2) is 18.4 Å². The van der Waals surface area contributed by atoms with Gasteiger partial charge in [-0.15, -0.1) is 0 Å². The Bertz CT molecular complexity index is 161. The van der Waals surface area contributed by atoms with Gasteiger partial charge in [-0.05, 0) is 6.42 Å². The molecule has 1 aliphatic heterocycles. The Morgan fingerprint density at radius 3 is 2.73 bits per heavy atom. The molecule has 0 bridgehead atoms. The van der Waals surface area contributed by atoms with E-state index in [0.29, 0.717) is 6.42 Å². The second kappa shape index (κ2) is 3.15. The Morgan fingerprint density at radius 2 is 2.36 bits per heavy atom. The van der Waals surface area contributed by atoms with Crippen molar-refractivity contribution in [1.82, 2.24) is 5.32 Å². The summed E-state index contributed by atoms with van der Waals surface area (Å²) in [6.45, 7) is 1.75. The molecule has 0 saturated carbocycles. The van der Waals surface area contributed by atoms with E-state index in [-0.39, 0.29) is 24.3 Å². The summed E-state index contributed by atoms with van der Waals surface area (Å²) in [7, 11) is 0. The molecule has 1 heterocycles. The monoisotopic (exact) mass is 163 g/mol. The summed E-state index contributed by atoms with van der Waals surface area (Å²) < 4.78 is 23.6. The van der Waals surface area contributed by atoms with Crippen molar-refractivity contribution in [2.24, 2.45) is 5.92 Å². The van der Waals surface area contributed by atoms with Crippen molar-refractivity contribution < 1.29 is 13.6 Å². The molecule has 1 aliphatic rings. The van der Waals surface area contributed by atoms with Gasteiger partial charge in [0.05, 0.1) is 0 Å². The zero-order chi connectivity index (χ0) is 8.43. The third-order valence-electron chi connectivity index (χ3n) is 1.89. The molecule has 0 radical (unpaired) electrons. The fourth-order valence-corrected chi connectivity index (χ4v) is 1.31. The van der Waals surface area contributed by atoms with Crippen molar-refractivity contribution in [3.05, 3.63) is 0 Å². The first-order valence-corrected chi connectivity index (χ1v) is 3.68. The van der Waals surface area contributed by atoms with Crippen LogP contribution in [0.4, 0.5) is 8.78 Å².